The van der Waals surface area contributed by atoms with Gasteiger partial charge in [-0.3, -0.25) is 14.3 Å². The first kappa shape index (κ1) is 39.0. The number of nitrogens with zero attached hydrogens (tertiary/aromatic N) is 1. The molecule has 200 valence electrons. The van der Waals surface area contributed by atoms with E-state index in [0.29, 0.717) is 0 Å². The van der Waals surface area contributed by atoms with Crippen LogP contribution in [0.3, 0.4) is 0 Å². The summed E-state index contributed by atoms with van der Waals surface area (Å²) in [4.78, 5) is 89.0. The Labute approximate surface area is 182 Å². The second-order valence-corrected chi connectivity index (χ2v) is 8.25. The molecule has 21 nitrogen and oxygen atoms in total. The Kier molecular flexibility index (Phi) is 19.4. The lowest BCUT2D eigenvalue weighted by molar-refractivity contribution is -0.0459. The number of aromatic amines is 1. The number of hydrogen-bond donors (Lipinski definition) is 12. The van der Waals surface area contributed by atoms with Crippen LogP contribution >= 0.6 is 23.5 Å². The third-order valence-electron chi connectivity index (χ3n) is 2.55. The van der Waals surface area contributed by atoms with Crippen LogP contribution in [0.25, 0.3) is 0 Å². The lowest BCUT2D eigenvalue weighted by Gasteiger charge is -2.13. The third kappa shape index (κ3) is 28.8. The zero-order valence-corrected chi connectivity index (χ0v) is 18.6. The highest BCUT2D eigenvalue weighted by molar-refractivity contribution is 7.45. The van der Waals surface area contributed by atoms with Crippen molar-refractivity contribution in [1.82, 2.24) is 9.55 Å². The monoisotopic (exact) mass is 558 g/mol. The summed E-state index contributed by atoms with van der Waals surface area (Å²) >= 11 is 0. The first-order valence-corrected chi connectivity index (χ1v) is 11.9. The van der Waals surface area contributed by atoms with Crippen LogP contribution in [-0.2, 0) is 18.4 Å². The van der Waals surface area contributed by atoms with Crippen LogP contribution in [0.15, 0.2) is 21.9 Å². The van der Waals surface area contributed by atoms with Crippen molar-refractivity contribution >= 4 is 23.5 Å². The fraction of sp³-hybridized carbons (Fsp3) is 0.556. The maximum atomic E-state index is 11.4. The predicted octanol–water partition coefficient (Wildman–Crippen LogP) is -6.26. The maximum absolute atomic E-state index is 11.4. The normalized spacial score (nSPS) is 19.7. The number of aromatic nitrogens is 2. The van der Waals surface area contributed by atoms with Gasteiger partial charge in [0.25, 0.3) is 5.56 Å². The number of ether oxygens (including phenoxy) is 1. The van der Waals surface area contributed by atoms with Crippen LogP contribution in [0.2, 0.25) is 0 Å². The second kappa shape index (κ2) is 16.4. The maximum Gasteiger partial charge on any atom is 0.466 e. The summed E-state index contributed by atoms with van der Waals surface area (Å²) in [6, 6.07) is 1.20. The van der Waals surface area contributed by atoms with Crippen LogP contribution in [-0.4, -0.2) is 93.6 Å². The zero-order valence-electron chi connectivity index (χ0n) is 16.0. The quantitative estimate of drug-likeness (QED) is 0.150. The fourth-order valence-corrected chi connectivity index (χ4v) is 1.70. The molecule has 0 aliphatic carbocycles. The summed E-state index contributed by atoms with van der Waals surface area (Å²) in [5.74, 6) is 0. The first-order valence-electron chi connectivity index (χ1n) is 7.22. The van der Waals surface area contributed by atoms with Gasteiger partial charge in [-0.1, -0.05) is 0 Å². The number of rotatable bonds is 2. The van der Waals surface area contributed by atoms with Crippen LogP contribution in [0.4, 0.5) is 0 Å². The molecule has 1 aliphatic rings. The molecule has 2 rings (SSSR count). The molecule has 1 aromatic rings. The average Bonchev–Trinajstić information content (AvgIpc) is 2.82. The molecule has 1 fully saturated rings. The van der Waals surface area contributed by atoms with Crippen LogP contribution in [0, 0.1) is 0 Å². The predicted molar refractivity (Wildman–Crippen MR) is 103 cm³/mol. The van der Waals surface area contributed by atoms with E-state index in [1.54, 1.807) is 0 Å². The van der Waals surface area contributed by atoms with Crippen LogP contribution in [0.5, 0.6) is 0 Å². The first-order chi connectivity index (χ1) is 13.6. The van der Waals surface area contributed by atoms with Gasteiger partial charge in [0.05, 0.1) is 12.7 Å². The van der Waals surface area contributed by atoms with E-state index in [-0.39, 0.29) is 24.0 Å². The molecule has 0 amide bonds. The minimum atomic E-state index is -4.64. The van der Waals surface area contributed by atoms with Gasteiger partial charge in [-0.25, -0.2) is 18.5 Å². The van der Waals surface area contributed by atoms with Gasteiger partial charge < -0.3 is 69.9 Å². The number of aliphatic hydroxyl groups is 2. The number of aliphatic hydroxyl groups excluding tert-OH is 2. The molecule has 1 aromatic heterocycles. The molecule has 24 heteroatoms. The summed E-state index contributed by atoms with van der Waals surface area (Å²) in [7, 11) is -13.9. The van der Waals surface area contributed by atoms with Crippen molar-refractivity contribution in [3.05, 3.63) is 33.1 Å². The van der Waals surface area contributed by atoms with Crippen molar-refractivity contribution in [3.8, 4) is 0 Å². The van der Waals surface area contributed by atoms with Gasteiger partial charge in [-0.05, 0) is 0 Å². The van der Waals surface area contributed by atoms with E-state index in [9.17, 15) is 14.7 Å². The van der Waals surface area contributed by atoms with E-state index >= 15 is 0 Å². The molecule has 3 atom stereocenters. The highest BCUT2D eigenvalue weighted by Crippen LogP contribution is 2.27. The van der Waals surface area contributed by atoms with Gasteiger partial charge in [-0.15, -0.1) is 0 Å². The smallest absolute Gasteiger partial charge is 0.412 e. The van der Waals surface area contributed by atoms with Gasteiger partial charge in [0.2, 0.25) is 0 Å². The molecule has 0 saturated carbocycles. The number of nitrogens with one attached hydrogen (secondary N) is 1. The largest absolute Gasteiger partial charge is 0.466 e. The molecule has 2 heterocycles. The Morgan fingerprint density at radius 3 is 1.55 bits per heavy atom. The summed E-state index contributed by atoms with van der Waals surface area (Å²) in [5.41, 5.74) is -1.08. The molecule has 0 radical (unpaired) electrons. The van der Waals surface area contributed by atoms with E-state index in [1.165, 1.54) is 16.8 Å². The Bertz CT molecular complexity index is 839. The lowest BCUT2D eigenvalue weighted by atomic mass is 10.2. The third-order valence-corrected chi connectivity index (χ3v) is 2.55. The second-order valence-electron chi connectivity index (χ2n) is 5.17. The topological polar surface area (TPSA) is 401 Å². The van der Waals surface area contributed by atoms with Gasteiger partial charge in [-0.2, -0.15) is 0 Å². The van der Waals surface area contributed by atoms with Crippen molar-refractivity contribution < 1.29 is 83.6 Å². The van der Waals surface area contributed by atoms with E-state index in [4.69, 9.17) is 67.6 Å². The molecule has 0 aromatic carbocycles. The van der Waals surface area contributed by atoms with Crippen LogP contribution < -0.4 is 11.2 Å². The van der Waals surface area contributed by atoms with Crippen molar-refractivity contribution in [3.63, 3.8) is 0 Å². The Morgan fingerprint density at radius 1 is 0.909 bits per heavy atom. The molecule has 0 bridgehead atoms. The molecular weight excluding hydrogens is 533 g/mol. The minimum absolute atomic E-state index is 0. The average molecular weight is 558 g/mol. The van der Waals surface area contributed by atoms with E-state index < -0.39 is 53.2 Å². The van der Waals surface area contributed by atoms with Crippen molar-refractivity contribution in [2.45, 2.75) is 24.9 Å². The summed E-state index contributed by atoms with van der Waals surface area (Å²) in [6.45, 7) is -0.310. The van der Waals surface area contributed by atoms with Gasteiger partial charge in [0, 0.05) is 18.7 Å². The SMILES string of the molecule is O.O.O=P(O)(O)O.O=P(O)(O)O.O=P(O)(O)O.O=c1ccn(C2C[C@H](O)[C@@H](CO)O2)c(=O)[nH]1. The Morgan fingerprint density at radius 2 is 1.27 bits per heavy atom. The molecule has 0 spiro atoms. The van der Waals surface area contributed by atoms with Crippen molar-refractivity contribution in [1.29, 1.82) is 0 Å². The highest BCUT2D eigenvalue weighted by Gasteiger charge is 2.34. The fourth-order valence-electron chi connectivity index (χ4n) is 1.70. The number of hydrogen-bond acceptors (Lipinski definition) is 8. The van der Waals surface area contributed by atoms with E-state index in [0.717, 1.165) is 0 Å². The van der Waals surface area contributed by atoms with Crippen molar-refractivity contribution in [2.75, 3.05) is 6.61 Å². The zero-order chi connectivity index (χ0) is 25.2. The van der Waals surface area contributed by atoms with Crippen LogP contribution in [0.1, 0.15) is 12.6 Å². The lowest BCUT2D eigenvalue weighted by Crippen LogP contribution is -2.31. The van der Waals surface area contributed by atoms with Crippen molar-refractivity contribution in [2.24, 2.45) is 0 Å². The van der Waals surface area contributed by atoms with E-state index in [2.05, 4.69) is 4.98 Å². The molecule has 1 unspecified atom stereocenters. The highest BCUT2D eigenvalue weighted by atomic mass is 31.2. The Hall–Kier alpha value is -1.19. The molecule has 1 saturated heterocycles. The number of phosphoric acid groups is 3. The standard InChI is InChI=1S/C9H12N2O5.3H3O4P.2H2O/c12-4-6-5(13)3-8(16-6)11-2-1-7(14)10-9(11)15;3*1-5(2,3)4;;/h1-2,5-6,8,12-13H,3-4H2,(H,10,14,15);3*(H3,1,2,3,4);2*1H2/t5-,6+,8?;;;;;/m0...../s1. The molecular formula is C9H25N2O19P3. The molecule has 33 heavy (non-hydrogen) atoms. The Balaban J connectivity index is -0.000000207. The molecule has 16 N–H and O–H groups in total. The number of H-pyrrole nitrogens is 1. The summed E-state index contributed by atoms with van der Waals surface area (Å²) < 4.78 is 33.1. The van der Waals surface area contributed by atoms with Gasteiger partial charge in [0.1, 0.15) is 12.3 Å². The summed E-state index contributed by atoms with van der Waals surface area (Å²) in [6.07, 6.45) is -0.649. The molecule has 1 aliphatic heterocycles. The summed E-state index contributed by atoms with van der Waals surface area (Å²) in [5, 5.41) is 18.4. The van der Waals surface area contributed by atoms with Gasteiger partial charge in [0.15, 0.2) is 0 Å². The minimum Gasteiger partial charge on any atom is -0.412 e. The van der Waals surface area contributed by atoms with Gasteiger partial charge >= 0.3 is 29.2 Å². The van der Waals surface area contributed by atoms with E-state index in [1.807, 2.05) is 0 Å².